The number of piperidine rings is 1. The minimum atomic E-state index is -0.524. The minimum Gasteiger partial charge on any atom is -0.351 e. The molecule has 0 spiro atoms. The first-order valence-electron chi connectivity index (χ1n) is 11.3. The molecule has 2 aromatic carbocycles. The molecule has 4 rings (SSSR count). The number of amidine groups is 1. The van der Waals surface area contributed by atoms with Crippen LogP contribution in [-0.4, -0.2) is 58.1 Å². The number of rotatable bonds is 6. The predicted octanol–water partition coefficient (Wildman–Crippen LogP) is 3.91. The molecular formula is C25H27FN4O3S. The lowest BCUT2D eigenvalue weighted by molar-refractivity contribution is -0.121. The number of nitrogens with one attached hydrogen (secondary N) is 1. The van der Waals surface area contributed by atoms with Gasteiger partial charge in [-0.05, 0) is 55.2 Å². The molecule has 34 heavy (non-hydrogen) atoms. The SMILES string of the molecule is CN(Cc1ccc(F)cc1)C(=O)c1cccc(NC(=O)CC2SC(N3CCCCC3)=NC2=O)c1. The van der Waals surface area contributed by atoms with Gasteiger partial charge in [-0.2, -0.15) is 4.99 Å². The summed E-state index contributed by atoms with van der Waals surface area (Å²) in [6.07, 6.45) is 3.39. The van der Waals surface area contributed by atoms with Gasteiger partial charge in [0.2, 0.25) is 5.91 Å². The zero-order chi connectivity index (χ0) is 24.1. The summed E-state index contributed by atoms with van der Waals surface area (Å²) in [5.41, 5.74) is 1.72. The topological polar surface area (TPSA) is 82.1 Å². The Morgan fingerprint density at radius 2 is 1.88 bits per heavy atom. The maximum Gasteiger partial charge on any atom is 0.262 e. The average molecular weight is 483 g/mol. The number of aliphatic imine (C=N–C) groups is 1. The molecule has 0 saturated carbocycles. The number of likely N-dealkylation sites (tertiary alicyclic amines) is 1. The monoisotopic (exact) mass is 482 g/mol. The molecule has 1 fully saturated rings. The van der Waals surface area contributed by atoms with Crippen LogP contribution < -0.4 is 5.32 Å². The highest BCUT2D eigenvalue weighted by atomic mass is 32.2. The first kappa shape index (κ1) is 23.9. The van der Waals surface area contributed by atoms with Gasteiger partial charge in [-0.3, -0.25) is 14.4 Å². The van der Waals surface area contributed by atoms with Gasteiger partial charge >= 0.3 is 0 Å². The van der Waals surface area contributed by atoms with E-state index in [-0.39, 0.29) is 30.0 Å². The van der Waals surface area contributed by atoms with Gasteiger partial charge < -0.3 is 15.1 Å². The highest BCUT2D eigenvalue weighted by molar-refractivity contribution is 8.15. The second-order valence-corrected chi connectivity index (χ2v) is 9.68. The summed E-state index contributed by atoms with van der Waals surface area (Å²) in [6, 6.07) is 12.7. The van der Waals surface area contributed by atoms with Gasteiger partial charge in [0.25, 0.3) is 11.8 Å². The quantitative estimate of drug-likeness (QED) is 0.675. The van der Waals surface area contributed by atoms with E-state index in [0.29, 0.717) is 17.8 Å². The number of hydrogen-bond donors (Lipinski definition) is 1. The van der Waals surface area contributed by atoms with Crippen LogP contribution in [0.2, 0.25) is 0 Å². The molecule has 2 heterocycles. The molecule has 2 aromatic rings. The number of hydrogen-bond acceptors (Lipinski definition) is 5. The number of benzene rings is 2. The zero-order valence-corrected chi connectivity index (χ0v) is 19.8. The second kappa shape index (κ2) is 10.8. The molecule has 0 bridgehead atoms. The van der Waals surface area contributed by atoms with E-state index in [1.54, 1.807) is 43.4 Å². The van der Waals surface area contributed by atoms with Gasteiger partial charge in [0.1, 0.15) is 11.1 Å². The van der Waals surface area contributed by atoms with Crippen molar-refractivity contribution in [3.63, 3.8) is 0 Å². The number of carbonyl (C=O) groups is 3. The van der Waals surface area contributed by atoms with Gasteiger partial charge in [-0.25, -0.2) is 4.39 Å². The van der Waals surface area contributed by atoms with Crippen molar-refractivity contribution >= 4 is 40.3 Å². The molecule has 9 heteroatoms. The summed E-state index contributed by atoms with van der Waals surface area (Å²) < 4.78 is 13.1. The van der Waals surface area contributed by atoms with Crippen LogP contribution in [0.4, 0.5) is 10.1 Å². The highest BCUT2D eigenvalue weighted by Crippen LogP contribution is 2.29. The molecular weight excluding hydrogens is 455 g/mol. The van der Waals surface area contributed by atoms with Crippen LogP contribution in [0.25, 0.3) is 0 Å². The average Bonchev–Trinajstić information content (AvgIpc) is 3.20. The largest absolute Gasteiger partial charge is 0.351 e. The highest BCUT2D eigenvalue weighted by Gasteiger charge is 2.33. The lowest BCUT2D eigenvalue weighted by atomic mass is 10.1. The van der Waals surface area contributed by atoms with Crippen LogP contribution in [0.5, 0.6) is 0 Å². The Balaban J connectivity index is 1.32. The number of halogens is 1. The Morgan fingerprint density at radius 3 is 2.62 bits per heavy atom. The van der Waals surface area contributed by atoms with Crippen molar-refractivity contribution in [2.24, 2.45) is 4.99 Å². The van der Waals surface area contributed by atoms with Crippen molar-refractivity contribution in [3.8, 4) is 0 Å². The standard InChI is InChI=1S/C25H27FN4O3S/c1-29(16-17-8-10-19(26)11-9-17)24(33)18-6-5-7-20(14-18)27-22(31)15-21-23(32)28-25(34-21)30-12-3-2-4-13-30/h5-11,14,21H,2-4,12-13,15-16H2,1H3,(H,27,31). The number of anilines is 1. The fourth-order valence-corrected chi connectivity index (χ4v) is 5.11. The lowest BCUT2D eigenvalue weighted by Crippen LogP contribution is -2.33. The van der Waals surface area contributed by atoms with Crippen molar-refractivity contribution in [1.29, 1.82) is 0 Å². The lowest BCUT2D eigenvalue weighted by Gasteiger charge is -2.27. The Hall–Kier alpha value is -3.20. The maximum atomic E-state index is 13.1. The number of amides is 3. The van der Waals surface area contributed by atoms with E-state index in [0.717, 1.165) is 36.7 Å². The third-order valence-corrected chi connectivity index (χ3v) is 7.01. The number of nitrogens with zero attached hydrogens (tertiary/aromatic N) is 3. The van der Waals surface area contributed by atoms with Gasteiger partial charge in [0.15, 0.2) is 5.17 Å². The molecule has 1 N–H and O–H groups in total. The van der Waals surface area contributed by atoms with E-state index >= 15 is 0 Å². The van der Waals surface area contributed by atoms with E-state index in [1.807, 2.05) is 0 Å². The molecule has 0 aliphatic carbocycles. The van der Waals surface area contributed by atoms with Gasteiger partial charge in [0, 0.05) is 44.4 Å². The molecule has 2 aliphatic rings. The van der Waals surface area contributed by atoms with E-state index in [1.165, 1.54) is 35.2 Å². The van der Waals surface area contributed by atoms with Crippen LogP contribution in [0.3, 0.4) is 0 Å². The molecule has 1 atom stereocenters. The van der Waals surface area contributed by atoms with Crippen molar-refractivity contribution in [1.82, 2.24) is 9.80 Å². The van der Waals surface area contributed by atoms with E-state index in [2.05, 4.69) is 15.2 Å². The number of thioether (sulfide) groups is 1. The van der Waals surface area contributed by atoms with Gasteiger partial charge in [-0.1, -0.05) is 30.0 Å². The van der Waals surface area contributed by atoms with Crippen LogP contribution in [0.1, 0.15) is 41.6 Å². The normalized spacial score (nSPS) is 17.9. The Morgan fingerprint density at radius 1 is 1.15 bits per heavy atom. The summed E-state index contributed by atoms with van der Waals surface area (Å²) in [5, 5.41) is 2.99. The molecule has 1 saturated heterocycles. The fraction of sp³-hybridized carbons (Fsp3) is 0.360. The second-order valence-electron chi connectivity index (χ2n) is 8.51. The summed E-state index contributed by atoms with van der Waals surface area (Å²) in [6.45, 7) is 2.12. The maximum absolute atomic E-state index is 13.1. The van der Waals surface area contributed by atoms with Crippen LogP contribution >= 0.6 is 11.8 Å². The summed E-state index contributed by atoms with van der Waals surface area (Å²) >= 11 is 1.36. The Labute approximate surface area is 202 Å². The first-order chi connectivity index (χ1) is 16.4. The van der Waals surface area contributed by atoms with E-state index < -0.39 is 5.25 Å². The molecule has 1 unspecified atom stereocenters. The number of carbonyl (C=O) groups excluding carboxylic acids is 3. The van der Waals surface area contributed by atoms with E-state index in [9.17, 15) is 18.8 Å². The van der Waals surface area contributed by atoms with Crippen molar-refractivity contribution in [2.75, 3.05) is 25.5 Å². The van der Waals surface area contributed by atoms with Crippen molar-refractivity contribution in [3.05, 3.63) is 65.5 Å². The predicted molar refractivity (Wildman–Crippen MR) is 131 cm³/mol. The summed E-state index contributed by atoms with van der Waals surface area (Å²) in [7, 11) is 1.67. The molecule has 178 valence electrons. The molecule has 7 nitrogen and oxygen atoms in total. The van der Waals surface area contributed by atoms with Crippen molar-refractivity contribution < 1.29 is 18.8 Å². The molecule has 2 aliphatic heterocycles. The van der Waals surface area contributed by atoms with Gasteiger partial charge in [0.05, 0.1) is 0 Å². The van der Waals surface area contributed by atoms with Crippen LogP contribution in [-0.2, 0) is 16.1 Å². The first-order valence-corrected chi connectivity index (χ1v) is 12.2. The zero-order valence-electron chi connectivity index (χ0n) is 19.0. The van der Waals surface area contributed by atoms with Crippen LogP contribution in [0.15, 0.2) is 53.5 Å². The smallest absolute Gasteiger partial charge is 0.262 e. The van der Waals surface area contributed by atoms with Crippen molar-refractivity contribution in [2.45, 2.75) is 37.5 Å². The molecule has 3 amide bonds. The molecule has 0 radical (unpaired) electrons. The summed E-state index contributed by atoms with van der Waals surface area (Å²) in [5.74, 6) is -1.12. The van der Waals surface area contributed by atoms with Gasteiger partial charge in [-0.15, -0.1) is 0 Å². The third-order valence-electron chi connectivity index (χ3n) is 5.80. The minimum absolute atomic E-state index is 0.0208. The Bertz CT molecular complexity index is 1100. The summed E-state index contributed by atoms with van der Waals surface area (Å²) in [4.78, 5) is 45.6. The van der Waals surface area contributed by atoms with E-state index in [4.69, 9.17) is 0 Å². The van der Waals surface area contributed by atoms with Crippen LogP contribution in [0, 0.1) is 5.82 Å². The fourth-order valence-electron chi connectivity index (χ4n) is 4.00. The molecule has 0 aromatic heterocycles. The Kier molecular flexibility index (Phi) is 7.62. The third kappa shape index (κ3) is 6.02.